The van der Waals surface area contributed by atoms with E-state index in [2.05, 4.69) is 45.0 Å². The Morgan fingerprint density at radius 3 is 2.21 bits per heavy atom. The first kappa shape index (κ1) is 14.4. The lowest BCUT2D eigenvalue weighted by Gasteiger charge is -2.37. The molecule has 106 valence electrons. The Morgan fingerprint density at radius 1 is 1.05 bits per heavy atom. The summed E-state index contributed by atoms with van der Waals surface area (Å²) in [6, 6.07) is 8.78. The largest absolute Gasteiger partial charge is 0.487 e. The molecule has 0 saturated heterocycles. The monoisotopic (exact) mass is 260 g/mol. The van der Waals surface area contributed by atoms with Crippen LogP contribution in [0.25, 0.3) is 0 Å². The molecule has 1 fully saturated rings. The zero-order chi connectivity index (χ0) is 13.7. The molecule has 0 aliphatic heterocycles. The van der Waals surface area contributed by atoms with E-state index in [1.165, 1.54) is 44.1 Å². The Hall–Kier alpha value is -0.980. The molecule has 1 unspecified atom stereocenters. The van der Waals surface area contributed by atoms with Crippen molar-refractivity contribution in [2.75, 3.05) is 0 Å². The van der Waals surface area contributed by atoms with Gasteiger partial charge in [-0.3, -0.25) is 0 Å². The van der Waals surface area contributed by atoms with Crippen molar-refractivity contribution in [2.24, 2.45) is 0 Å². The molecule has 0 spiro atoms. The van der Waals surface area contributed by atoms with E-state index in [4.69, 9.17) is 4.74 Å². The van der Waals surface area contributed by atoms with Crippen molar-refractivity contribution < 1.29 is 4.74 Å². The van der Waals surface area contributed by atoms with Gasteiger partial charge in [-0.1, -0.05) is 39.3 Å². The van der Waals surface area contributed by atoms with Crippen molar-refractivity contribution in [3.8, 4) is 5.75 Å². The predicted octanol–water partition coefficient (Wildman–Crippen LogP) is 5.69. The van der Waals surface area contributed by atoms with E-state index < -0.39 is 0 Å². The second-order valence-corrected chi connectivity index (χ2v) is 6.08. The minimum absolute atomic E-state index is 0.107. The second-order valence-electron chi connectivity index (χ2n) is 6.08. The van der Waals surface area contributed by atoms with Crippen LogP contribution in [0, 0.1) is 0 Å². The predicted molar refractivity (Wildman–Crippen MR) is 81.9 cm³/mol. The average molecular weight is 260 g/mol. The van der Waals surface area contributed by atoms with E-state index in [0.29, 0.717) is 5.92 Å². The summed E-state index contributed by atoms with van der Waals surface area (Å²) in [4.78, 5) is 0. The first-order chi connectivity index (χ1) is 9.19. The Labute approximate surface area is 118 Å². The summed E-state index contributed by atoms with van der Waals surface area (Å²) in [5.41, 5.74) is 1.53. The molecule has 0 bridgehead atoms. The first-order valence-electron chi connectivity index (χ1n) is 7.98. The first-order valence-corrected chi connectivity index (χ1v) is 7.98. The molecule has 1 aliphatic rings. The summed E-state index contributed by atoms with van der Waals surface area (Å²) in [5.74, 6) is 1.69. The third kappa shape index (κ3) is 3.52. The van der Waals surface area contributed by atoms with E-state index in [1.807, 2.05) is 0 Å². The standard InChI is InChI=1S/C18H28O/c1-4-15(3)16-9-11-17(12-10-16)19-18(5-2)13-7-6-8-14-18/h9-12,15H,4-8,13-14H2,1-3H3. The number of rotatable bonds is 5. The van der Waals surface area contributed by atoms with Gasteiger partial charge in [0.2, 0.25) is 0 Å². The molecule has 1 aromatic rings. The third-order valence-corrected chi connectivity index (χ3v) is 4.80. The van der Waals surface area contributed by atoms with Crippen LogP contribution in [-0.2, 0) is 0 Å². The highest BCUT2D eigenvalue weighted by Crippen LogP contribution is 2.35. The van der Waals surface area contributed by atoms with Gasteiger partial charge in [0.15, 0.2) is 0 Å². The number of hydrogen-bond acceptors (Lipinski definition) is 1. The Bertz CT molecular complexity index is 373. The molecule has 0 aromatic heterocycles. The fourth-order valence-electron chi connectivity index (χ4n) is 3.07. The van der Waals surface area contributed by atoms with Crippen LogP contribution in [0.5, 0.6) is 5.75 Å². The van der Waals surface area contributed by atoms with Crippen LogP contribution in [0.15, 0.2) is 24.3 Å². The highest BCUT2D eigenvalue weighted by atomic mass is 16.5. The molecule has 1 nitrogen and oxygen atoms in total. The van der Waals surface area contributed by atoms with E-state index in [-0.39, 0.29) is 5.60 Å². The zero-order valence-corrected chi connectivity index (χ0v) is 12.7. The minimum atomic E-state index is 0.107. The molecule has 1 saturated carbocycles. The average Bonchev–Trinajstić information content (AvgIpc) is 2.48. The van der Waals surface area contributed by atoms with Crippen LogP contribution in [0.1, 0.15) is 77.2 Å². The number of hydrogen-bond donors (Lipinski definition) is 0. The number of ether oxygens (including phenoxy) is 1. The fraction of sp³-hybridized carbons (Fsp3) is 0.667. The van der Waals surface area contributed by atoms with Gasteiger partial charge in [0.05, 0.1) is 0 Å². The van der Waals surface area contributed by atoms with E-state index in [0.717, 1.165) is 12.2 Å². The highest BCUT2D eigenvalue weighted by Gasteiger charge is 2.32. The maximum Gasteiger partial charge on any atom is 0.120 e. The summed E-state index contributed by atoms with van der Waals surface area (Å²) in [6.45, 7) is 6.78. The topological polar surface area (TPSA) is 9.23 Å². The molecule has 19 heavy (non-hydrogen) atoms. The van der Waals surface area contributed by atoms with Gasteiger partial charge >= 0.3 is 0 Å². The van der Waals surface area contributed by atoms with Crippen molar-refractivity contribution in [3.63, 3.8) is 0 Å². The lowest BCUT2D eigenvalue weighted by Crippen LogP contribution is -2.37. The Balaban J connectivity index is 2.05. The molecular weight excluding hydrogens is 232 g/mol. The van der Waals surface area contributed by atoms with Gasteiger partial charge in [0, 0.05) is 0 Å². The Kier molecular flexibility index (Phi) is 4.90. The SMILES string of the molecule is CCC(C)c1ccc(OC2(CC)CCCCC2)cc1. The zero-order valence-electron chi connectivity index (χ0n) is 12.7. The Morgan fingerprint density at radius 2 is 1.68 bits per heavy atom. The molecular formula is C18H28O. The molecule has 2 rings (SSSR count). The van der Waals surface area contributed by atoms with Gasteiger partial charge in [0.25, 0.3) is 0 Å². The summed E-state index contributed by atoms with van der Waals surface area (Å²) >= 11 is 0. The molecule has 1 heteroatoms. The lowest BCUT2D eigenvalue weighted by atomic mass is 9.82. The van der Waals surface area contributed by atoms with Crippen LogP contribution in [0.4, 0.5) is 0 Å². The van der Waals surface area contributed by atoms with E-state index in [1.54, 1.807) is 0 Å². The van der Waals surface area contributed by atoms with Crippen molar-refractivity contribution in [3.05, 3.63) is 29.8 Å². The highest BCUT2D eigenvalue weighted by molar-refractivity contribution is 5.29. The van der Waals surface area contributed by atoms with Gasteiger partial charge in [0.1, 0.15) is 11.4 Å². The summed E-state index contributed by atoms with van der Waals surface area (Å²) in [5, 5.41) is 0. The fourth-order valence-corrected chi connectivity index (χ4v) is 3.07. The minimum Gasteiger partial charge on any atom is -0.487 e. The van der Waals surface area contributed by atoms with Crippen molar-refractivity contribution >= 4 is 0 Å². The molecule has 1 aromatic carbocycles. The van der Waals surface area contributed by atoms with E-state index >= 15 is 0 Å². The van der Waals surface area contributed by atoms with Crippen LogP contribution < -0.4 is 4.74 Å². The molecule has 0 amide bonds. The maximum atomic E-state index is 6.36. The molecule has 1 atom stereocenters. The van der Waals surface area contributed by atoms with Crippen molar-refractivity contribution in [1.82, 2.24) is 0 Å². The summed E-state index contributed by atoms with van der Waals surface area (Å²) in [6.07, 6.45) is 8.77. The van der Waals surface area contributed by atoms with Gasteiger partial charge in [-0.2, -0.15) is 0 Å². The third-order valence-electron chi connectivity index (χ3n) is 4.80. The maximum absolute atomic E-state index is 6.36. The van der Waals surface area contributed by atoms with Crippen LogP contribution >= 0.6 is 0 Å². The van der Waals surface area contributed by atoms with Gasteiger partial charge in [-0.05, 0) is 62.1 Å². The van der Waals surface area contributed by atoms with Gasteiger partial charge in [-0.25, -0.2) is 0 Å². The van der Waals surface area contributed by atoms with Crippen molar-refractivity contribution in [1.29, 1.82) is 0 Å². The lowest BCUT2D eigenvalue weighted by molar-refractivity contribution is 0.0265. The normalized spacial score (nSPS) is 19.9. The van der Waals surface area contributed by atoms with Gasteiger partial charge in [-0.15, -0.1) is 0 Å². The molecule has 0 N–H and O–H groups in total. The summed E-state index contributed by atoms with van der Waals surface area (Å²) in [7, 11) is 0. The molecule has 0 radical (unpaired) electrons. The van der Waals surface area contributed by atoms with Crippen LogP contribution in [0.3, 0.4) is 0 Å². The molecule has 1 aliphatic carbocycles. The molecule has 0 heterocycles. The second kappa shape index (κ2) is 6.45. The van der Waals surface area contributed by atoms with Crippen LogP contribution in [0.2, 0.25) is 0 Å². The van der Waals surface area contributed by atoms with Crippen LogP contribution in [-0.4, -0.2) is 5.60 Å². The smallest absolute Gasteiger partial charge is 0.120 e. The summed E-state index contributed by atoms with van der Waals surface area (Å²) < 4.78 is 6.36. The number of benzene rings is 1. The van der Waals surface area contributed by atoms with Gasteiger partial charge < -0.3 is 4.74 Å². The van der Waals surface area contributed by atoms with E-state index in [9.17, 15) is 0 Å². The van der Waals surface area contributed by atoms with Crippen molar-refractivity contribution in [2.45, 2.75) is 77.2 Å². The quantitative estimate of drug-likeness (QED) is 0.660.